The van der Waals surface area contributed by atoms with E-state index in [4.69, 9.17) is 4.74 Å². The third-order valence-electron chi connectivity index (χ3n) is 4.71. The highest BCUT2D eigenvalue weighted by molar-refractivity contribution is 7.92. The molecule has 0 bridgehead atoms. The summed E-state index contributed by atoms with van der Waals surface area (Å²) in [5, 5.41) is 2.51. The van der Waals surface area contributed by atoms with E-state index in [2.05, 4.69) is 21.6 Å². The Balaban J connectivity index is 1.77. The summed E-state index contributed by atoms with van der Waals surface area (Å²) >= 11 is 0. The molecule has 1 amide bonds. The molecule has 0 aliphatic heterocycles. The van der Waals surface area contributed by atoms with Crippen molar-refractivity contribution in [3.63, 3.8) is 0 Å². The van der Waals surface area contributed by atoms with Gasteiger partial charge in [-0.05, 0) is 48.0 Å². The van der Waals surface area contributed by atoms with Crippen LogP contribution in [0.15, 0.2) is 67.3 Å². The number of halogens is 4. The number of nitrogens with zero attached hydrogens (tertiary/aromatic N) is 1. The number of sulfonamides is 1. The molecule has 0 saturated carbocycles. The summed E-state index contributed by atoms with van der Waals surface area (Å²) in [5.74, 6) is -1.59. The predicted octanol–water partition coefficient (Wildman–Crippen LogP) is 5.38. The molecule has 37 heavy (non-hydrogen) atoms. The van der Waals surface area contributed by atoms with Crippen LogP contribution in [-0.4, -0.2) is 25.6 Å². The maximum atomic E-state index is 14.5. The van der Waals surface area contributed by atoms with E-state index in [1.807, 2.05) is 0 Å². The number of aromatic nitrogens is 1. The van der Waals surface area contributed by atoms with Crippen molar-refractivity contribution in [1.29, 1.82) is 0 Å². The minimum atomic E-state index is -4.69. The lowest BCUT2D eigenvalue weighted by Crippen LogP contribution is -2.20. The summed E-state index contributed by atoms with van der Waals surface area (Å²) in [5.41, 5.74) is -0.827. The minimum Gasteiger partial charge on any atom is -0.438 e. The summed E-state index contributed by atoms with van der Waals surface area (Å²) in [7, 11) is -3.73. The molecule has 194 valence electrons. The normalized spacial score (nSPS) is 11.8. The first kappa shape index (κ1) is 27.4. The molecule has 0 aliphatic carbocycles. The first-order valence-electron chi connectivity index (χ1n) is 10.6. The molecule has 1 heterocycles. The van der Waals surface area contributed by atoms with E-state index in [-0.39, 0.29) is 35.0 Å². The number of carbonyl (C=O) groups excluding carboxylic acids is 1. The van der Waals surface area contributed by atoms with Crippen LogP contribution in [0.5, 0.6) is 11.6 Å². The van der Waals surface area contributed by atoms with Crippen LogP contribution >= 0.6 is 0 Å². The average molecular weight is 536 g/mol. The Kier molecular flexibility index (Phi) is 8.33. The molecule has 3 rings (SSSR count). The number of carbonyl (C=O) groups is 1. The second-order valence-electron chi connectivity index (χ2n) is 7.68. The van der Waals surface area contributed by atoms with Gasteiger partial charge in [0.05, 0.1) is 11.9 Å². The maximum Gasteiger partial charge on any atom is 0.433 e. The van der Waals surface area contributed by atoms with E-state index in [1.54, 1.807) is 18.2 Å². The van der Waals surface area contributed by atoms with Crippen molar-refractivity contribution in [1.82, 2.24) is 10.3 Å². The van der Waals surface area contributed by atoms with Crippen LogP contribution < -0.4 is 14.8 Å². The van der Waals surface area contributed by atoms with Gasteiger partial charge in [0, 0.05) is 23.7 Å². The molecule has 0 radical (unpaired) electrons. The quantitative estimate of drug-likeness (QED) is 0.284. The zero-order valence-electron chi connectivity index (χ0n) is 19.3. The summed E-state index contributed by atoms with van der Waals surface area (Å²) in [4.78, 5) is 15.9. The molecule has 0 aliphatic rings. The molecule has 7 nitrogen and oxygen atoms in total. The van der Waals surface area contributed by atoms with E-state index < -0.39 is 33.6 Å². The Bertz CT molecular complexity index is 1440. The molecule has 0 fully saturated rings. The van der Waals surface area contributed by atoms with Gasteiger partial charge in [-0.1, -0.05) is 30.9 Å². The smallest absolute Gasteiger partial charge is 0.433 e. The van der Waals surface area contributed by atoms with Crippen LogP contribution in [0, 0.1) is 5.82 Å². The second kappa shape index (κ2) is 11.2. The topological polar surface area (TPSA) is 97.4 Å². The molecule has 2 aromatic carbocycles. The SMILES string of the molecule is C=Cc1cc(CNC(=O)/C=C/c2ccc(C(F)(F)F)nc2Oc2ccccc2)cc(F)c1NS(C)(=O)=O. The Morgan fingerprint density at radius 2 is 1.81 bits per heavy atom. The van der Waals surface area contributed by atoms with Gasteiger partial charge in [0.2, 0.25) is 21.8 Å². The first-order chi connectivity index (χ1) is 17.4. The number of anilines is 1. The Labute approximate surface area is 210 Å². The molecule has 0 spiro atoms. The summed E-state index contributed by atoms with van der Waals surface area (Å²) in [6, 6.07) is 12.4. The second-order valence-corrected chi connectivity index (χ2v) is 9.42. The highest BCUT2D eigenvalue weighted by Gasteiger charge is 2.33. The molecule has 0 atom stereocenters. The number of pyridine rings is 1. The fourth-order valence-electron chi connectivity index (χ4n) is 3.07. The Hall–Kier alpha value is -4.19. The molecule has 2 N–H and O–H groups in total. The van der Waals surface area contributed by atoms with Crippen molar-refractivity contribution < 1.29 is 35.5 Å². The van der Waals surface area contributed by atoms with Crippen molar-refractivity contribution in [3.8, 4) is 11.6 Å². The van der Waals surface area contributed by atoms with Gasteiger partial charge in [-0.3, -0.25) is 9.52 Å². The van der Waals surface area contributed by atoms with Crippen molar-refractivity contribution in [3.05, 3.63) is 95.5 Å². The number of ether oxygens (including phenoxy) is 1. The van der Waals surface area contributed by atoms with Gasteiger partial charge >= 0.3 is 6.18 Å². The number of nitrogens with one attached hydrogen (secondary N) is 2. The lowest BCUT2D eigenvalue weighted by atomic mass is 10.1. The van der Waals surface area contributed by atoms with E-state index in [0.717, 1.165) is 30.5 Å². The van der Waals surface area contributed by atoms with Crippen LogP contribution in [-0.2, 0) is 27.5 Å². The van der Waals surface area contributed by atoms with Crippen LogP contribution in [0.4, 0.5) is 23.2 Å². The number of para-hydroxylation sites is 1. The molecule has 0 saturated heterocycles. The highest BCUT2D eigenvalue weighted by atomic mass is 32.2. The zero-order valence-corrected chi connectivity index (χ0v) is 20.2. The van der Waals surface area contributed by atoms with Crippen molar-refractivity contribution in [2.45, 2.75) is 12.7 Å². The fourth-order valence-corrected chi connectivity index (χ4v) is 3.66. The Morgan fingerprint density at radius 1 is 1.11 bits per heavy atom. The Morgan fingerprint density at radius 3 is 2.43 bits per heavy atom. The first-order valence-corrected chi connectivity index (χ1v) is 12.4. The molecule has 12 heteroatoms. The van der Waals surface area contributed by atoms with E-state index >= 15 is 0 Å². The standard InChI is InChI=1S/C25H21F4N3O4S/c1-3-17-13-16(14-20(26)23(17)32-37(2,34)35)15-30-22(33)12-10-18-9-11-21(25(27,28)29)31-24(18)36-19-7-5-4-6-8-19/h3-14,32H,1,15H2,2H3,(H,30,33)/b12-10+. The van der Waals surface area contributed by atoms with Gasteiger partial charge in [0.15, 0.2) is 0 Å². The molecular formula is C25H21F4N3O4S. The summed E-state index contributed by atoms with van der Waals surface area (Å²) < 4.78 is 84.4. The third-order valence-corrected chi connectivity index (χ3v) is 5.28. The van der Waals surface area contributed by atoms with Crippen LogP contribution in [0.1, 0.15) is 22.4 Å². The number of amides is 1. The van der Waals surface area contributed by atoms with Gasteiger partial charge in [-0.25, -0.2) is 17.8 Å². The van der Waals surface area contributed by atoms with E-state index in [1.165, 1.54) is 30.4 Å². The van der Waals surface area contributed by atoms with Crippen molar-refractivity contribution in [2.75, 3.05) is 11.0 Å². The largest absolute Gasteiger partial charge is 0.438 e. The molecule has 0 unspecified atom stereocenters. The lowest BCUT2D eigenvalue weighted by molar-refractivity contribution is -0.141. The number of rotatable bonds is 9. The highest BCUT2D eigenvalue weighted by Crippen LogP contribution is 2.32. The van der Waals surface area contributed by atoms with Gasteiger partial charge < -0.3 is 10.1 Å². The van der Waals surface area contributed by atoms with Gasteiger partial charge in [-0.15, -0.1) is 0 Å². The van der Waals surface area contributed by atoms with Gasteiger partial charge in [0.25, 0.3) is 0 Å². The zero-order chi connectivity index (χ0) is 27.2. The number of benzene rings is 2. The molecular weight excluding hydrogens is 514 g/mol. The van der Waals surface area contributed by atoms with Gasteiger partial charge in [0.1, 0.15) is 17.3 Å². The van der Waals surface area contributed by atoms with E-state index in [9.17, 15) is 30.8 Å². The van der Waals surface area contributed by atoms with Crippen molar-refractivity contribution in [2.24, 2.45) is 0 Å². The predicted molar refractivity (Wildman–Crippen MR) is 132 cm³/mol. The van der Waals surface area contributed by atoms with Crippen LogP contribution in [0.3, 0.4) is 0 Å². The van der Waals surface area contributed by atoms with E-state index in [0.29, 0.717) is 5.56 Å². The number of alkyl halides is 3. The summed E-state index contributed by atoms with van der Waals surface area (Å²) in [6.07, 6.45) is -0.265. The fraction of sp³-hybridized carbons (Fsp3) is 0.120. The van der Waals surface area contributed by atoms with Crippen LogP contribution in [0.25, 0.3) is 12.2 Å². The molecule has 3 aromatic rings. The van der Waals surface area contributed by atoms with Crippen LogP contribution in [0.2, 0.25) is 0 Å². The third kappa shape index (κ3) is 7.90. The maximum absolute atomic E-state index is 14.5. The number of hydrogen-bond donors (Lipinski definition) is 2. The lowest BCUT2D eigenvalue weighted by Gasteiger charge is -2.12. The monoisotopic (exact) mass is 535 g/mol. The number of hydrogen-bond acceptors (Lipinski definition) is 5. The summed E-state index contributed by atoms with van der Waals surface area (Å²) in [6.45, 7) is 3.41. The average Bonchev–Trinajstić information content (AvgIpc) is 2.82. The molecule has 1 aromatic heterocycles. The van der Waals surface area contributed by atoms with Gasteiger partial charge in [-0.2, -0.15) is 13.2 Å². The minimum absolute atomic E-state index is 0.114. The van der Waals surface area contributed by atoms with Crippen molar-refractivity contribution >= 4 is 33.8 Å².